The van der Waals surface area contributed by atoms with Gasteiger partial charge in [0.25, 0.3) is 0 Å². The van der Waals surface area contributed by atoms with Crippen molar-refractivity contribution in [2.24, 2.45) is 0 Å². The van der Waals surface area contributed by atoms with E-state index < -0.39 is 0 Å². The minimum atomic E-state index is 0.838. The average molecular weight is 222 g/mol. The molecule has 0 bridgehead atoms. The summed E-state index contributed by atoms with van der Waals surface area (Å²) >= 11 is 4.20. The van der Waals surface area contributed by atoms with Crippen LogP contribution in [0.15, 0.2) is 29.0 Å². The summed E-state index contributed by atoms with van der Waals surface area (Å²) in [5, 5.41) is 0. The fraction of sp³-hybridized carbons (Fsp3) is 0.364. The van der Waals surface area contributed by atoms with Crippen LogP contribution in [-0.4, -0.2) is 24.3 Å². The zero-order valence-corrected chi connectivity index (χ0v) is 9.58. The summed E-state index contributed by atoms with van der Waals surface area (Å²) in [6, 6.07) is 6.05. The molecule has 1 aromatic heterocycles. The van der Waals surface area contributed by atoms with E-state index in [2.05, 4.69) is 35.6 Å². The summed E-state index contributed by atoms with van der Waals surface area (Å²) in [6.07, 6.45) is 2.55. The SMILES string of the molecule is CN(CCCS)c1ccc2ncoc2c1. The van der Waals surface area contributed by atoms with Gasteiger partial charge in [0.05, 0.1) is 0 Å². The Balaban J connectivity index is 2.19. The third kappa shape index (κ3) is 2.26. The highest BCUT2D eigenvalue weighted by atomic mass is 32.1. The fourth-order valence-corrected chi connectivity index (χ4v) is 1.66. The van der Waals surface area contributed by atoms with E-state index in [1.165, 1.54) is 6.39 Å². The molecule has 4 heteroatoms. The third-order valence-electron chi connectivity index (χ3n) is 2.41. The largest absolute Gasteiger partial charge is 0.443 e. The van der Waals surface area contributed by atoms with Gasteiger partial charge < -0.3 is 9.32 Å². The average Bonchev–Trinajstić information content (AvgIpc) is 2.72. The summed E-state index contributed by atoms with van der Waals surface area (Å²) in [7, 11) is 2.07. The number of hydrogen-bond acceptors (Lipinski definition) is 4. The Hall–Kier alpha value is -1.16. The van der Waals surface area contributed by atoms with E-state index in [1.807, 2.05) is 12.1 Å². The first-order valence-electron chi connectivity index (χ1n) is 4.96. The monoisotopic (exact) mass is 222 g/mol. The van der Waals surface area contributed by atoms with E-state index in [0.717, 1.165) is 35.5 Å². The van der Waals surface area contributed by atoms with Crippen molar-refractivity contribution in [3.63, 3.8) is 0 Å². The number of rotatable bonds is 4. The number of hydrogen-bond donors (Lipinski definition) is 1. The number of aromatic nitrogens is 1. The van der Waals surface area contributed by atoms with Crippen molar-refractivity contribution in [3.8, 4) is 0 Å². The lowest BCUT2D eigenvalue weighted by atomic mass is 10.2. The maximum Gasteiger partial charge on any atom is 0.181 e. The van der Waals surface area contributed by atoms with E-state index in [4.69, 9.17) is 4.42 Å². The van der Waals surface area contributed by atoms with Gasteiger partial charge in [0.15, 0.2) is 12.0 Å². The summed E-state index contributed by atoms with van der Waals surface area (Å²) in [6.45, 7) is 1.00. The van der Waals surface area contributed by atoms with E-state index in [-0.39, 0.29) is 0 Å². The van der Waals surface area contributed by atoms with Crippen molar-refractivity contribution in [2.45, 2.75) is 6.42 Å². The highest BCUT2D eigenvalue weighted by molar-refractivity contribution is 7.80. The summed E-state index contributed by atoms with van der Waals surface area (Å²) < 4.78 is 5.26. The lowest BCUT2D eigenvalue weighted by molar-refractivity contribution is 0.602. The van der Waals surface area contributed by atoms with Gasteiger partial charge in [0.2, 0.25) is 0 Å². The number of oxazole rings is 1. The molecule has 0 aliphatic rings. The molecule has 1 heterocycles. The molecule has 0 saturated carbocycles. The molecule has 15 heavy (non-hydrogen) atoms. The first kappa shape index (κ1) is 10.4. The lowest BCUT2D eigenvalue weighted by Gasteiger charge is -2.18. The molecule has 0 saturated heterocycles. The number of benzene rings is 1. The molecule has 0 unspecified atom stereocenters. The Morgan fingerprint density at radius 2 is 2.33 bits per heavy atom. The molecule has 0 N–H and O–H groups in total. The van der Waals surface area contributed by atoms with E-state index >= 15 is 0 Å². The van der Waals surface area contributed by atoms with Gasteiger partial charge in [-0.2, -0.15) is 12.6 Å². The molecule has 2 aromatic rings. The van der Waals surface area contributed by atoms with Crippen LogP contribution in [0.2, 0.25) is 0 Å². The molecular weight excluding hydrogens is 208 g/mol. The summed E-state index contributed by atoms with van der Waals surface area (Å²) in [4.78, 5) is 6.28. The van der Waals surface area contributed by atoms with Crippen LogP contribution in [0.1, 0.15) is 6.42 Å². The second-order valence-corrected chi connectivity index (χ2v) is 3.95. The molecule has 80 valence electrons. The Morgan fingerprint density at radius 1 is 1.47 bits per heavy atom. The quantitative estimate of drug-likeness (QED) is 0.806. The Bertz CT molecular complexity index is 441. The van der Waals surface area contributed by atoms with Crippen molar-refractivity contribution >= 4 is 29.4 Å². The molecule has 2 rings (SSSR count). The molecule has 0 fully saturated rings. The molecule has 0 aliphatic heterocycles. The number of thiol groups is 1. The van der Waals surface area contributed by atoms with Crippen LogP contribution < -0.4 is 4.90 Å². The zero-order valence-electron chi connectivity index (χ0n) is 8.68. The second kappa shape index (κ2) is 4.57. The normalized spacial score (nSPS) is 10.8. The van der Waals surface area contributed by atoms with Gasteiger partial charge in [-0.15, -0.1) is 0 Å². The van der Waals surface area contributed by atoms with Gasteiger partial charge in [-0.05, 0) is 24.3 Å². The maximum atomic E-state index is 5.26. The second-order valence-electron chi connectivity index (χ2n) is 3.50. The summed E-state index contributed by atoms with van der Waals surface area (Å²) in [5.74, 6) is 0.912. The van der Waals surface area contributed by atoms with Crippen molar-refractivity contribution in [2.75, 3.05) is 24.2 Å². The topological polar surface area (TPSA) is 29.3 Å². The molecule has 0 aliphatic carbocycles. The number of fused-ring (bicyclic) bond motifs is 1. The highest BCUT2D eigenvalue weighted by Gasteiger charge is 2.03. The Kier molecular flexibility index (Phi) is 3.16. The van der Waals surface area contributed by atoms with Crippen LogP contribution in [0.25, 0.3) is 11.1 Å². The molecule has 0 spiro atoms. The molecule has 0 radical (unpaired) electrons. The molecule has 1 aromatic carbocycles. The summed E-state index contributed by atoms with van der Waals surface area (Å²) in [5.41, 5.74) is 2.90. The minimum absolute atomic E-state index is 0.838. The smallest absolute Gasteiger partial charge is 0.181 e. The maximum absolute atomic E-state index is 5.26. The van der Waals surface area contributed by atoms with Crippen LogP contribution in [-0.2, 0) is 0 Å². The Labute approximate surface area is 94.5 Å². The predicted octanol–water partition coefficient (Wildman–Crippen LogP) is 2.58. The van der Waals surface area contributed by atoms with E-state index in [0.29, 0.717) is 0 Å². The van der Waals surface area contributed by atoms with Gasteiger partial charge >= 0.3 is 0 Å². The predicted molar refractivity (Wildman–Crippen MR) is 65.7 cm³/mol. The lowest BCUT2D eigenvalue weighted by Crippen LogP contribution is -2.18. The van der Waals surface area contributed by atoms with Crippen LogP contribution in [0.4, 0.5) is 5.69 Å². The van der Waals surface area contributed by atoms with Gasteiger partial charge in [-0.1, -0.05) is 0 Å². The molecular formula is C11H14N2OS. The van der Waals surface area contributed by atoms with Crippen molar-refractivity contribution in [3.05, 3.63) is 24.6 Å². The van der Waals surface area contributed by atoms with Crippen LogP contribution in [0.5, 0.6) is 0 Å². The molecule has 0 atom stereocenters. The van der Waals surface area contributed by atoms with Crippen LogP contribution in [0, 0.1) is 0 Å². The van der Waals surface area contributed by atoms with Gasteiger partial charge in [0.1, 0.15) is 5.52 Å². The number of anilines is 1. The van der Waals surface area contributed by atoms with E-state index in [9.17, 15) is 0 Å². The minimum Gasteiger partial charge on any atom is -0.443 e. The standard InChI is InChI=1S/C11H14N2OS/c1-13(5-2-6-15)9-3-4-10-11(7-9)14-8-12-10/h3-4,7-8,15H,2,5-6H2,1H3. The number of nitrogens with zero attached hydrogens (tertiary/aromatic N) is 2. The van der Waals surface area contributed by atoms with Crippen molar-refractivity contribution in [1.29, 1.82) is 0 Å². The first-order chi connectivity index (χ1) is 7.31. The van der Waals surface area contributed by atoms with Crippen molar-refractivity contribution in [1.82, 2.24) is 4.98 Å². The molecule has 0 amide bonds. The Morgan fingerprint density at radius 3 is 3.13 bits per heavy atom. The van der Waals surface area contributed by atoms with Gasteiger partial charge in [-0.3, -0.25) is 0 Å². The third-order valence-corrected chi connectivity index (χ3v) is 2.72. The highest BCUT2D eigenvalue weighted by Crippen LogP contribution is 2.20. The zero-order chi connectivity index (χ0) is 10.7. The van der Waals surface area contributed by atoms with Gasteiger partial charge in [-0.25, -0.2) is 4.98 Å². The first-order valence-corrected chi connectivity index (χ1v) is 5.60. The van der Waals surface area contributed by atoms with E-state index in [1.54, 1.807) is 0 Å². The van der Waals surface area contributed by atoms with Gasteiger partial charge in [0, 0.05) is 25.3 Å². The van der Waals surface area contributed by atoms with Crippen LogP contribution in [0.3, 0.4) is 0 Å². The molecule has 3 nitrogen and oxygen atoms in total. The van der Waals surface area contributed by atoms with Crippen LogP contribution >= 0.6 is 12.6 Å². The fourth-order valence-electron chi connectivity index (χ4n) is 1.52. The van der Waals surface area contributed by atoms with Crippen molar-refractivity contribution < 1.29 is 4.42 Å².